The molecule has 4 heteroatoms. The Balaban J connectivity index is 2.31. The fourth-order valence-corrected chi connectivity index (χ4v) is 2.66. The van der Waals surface area contributed by atoms with Gasteiger partial charge < -0.3 is 5.73 Å². The van der Waals surface area contributed by atoms with Crippen molar-refractivity contribution in [3.8, 4) is 0 Å². The number of piperidine rings is 1. The van der Waals surface area contributed by atoms with Gasteiger partial charge in [0.15, 0.2) is 0 Å². The fraction of sp³-hybridized carbons (Fsp3) is 0.692. The lowest BCUT2D eigenvalue weighted by Gasteiger charge is -2.41. The summed E-state index contributed by atoms with van der Waals surface area (Å²) in [6.07, 6.45) is 4.09. The predicted octanol–water partition coefficient (Wildman–Crippen LogP) is 1.66. The van der Waals surface area contributed by atoms with Crippen LogP contribution in [0.25, 0.3) is 0 Å². The van der Waals surface area contributed by atoms with Crippen molar-refractivity contribution in [3.05, 3.63) is 23.8 Å². The van der Waals surface area contributed by atoms with Gasteiger partial charge in [0.1, 0.15) is 5.82 Å². The molecule has 0 saturated carbocycles. The number of rotatable bonds is 2. The van der Waals surface area contributed by atoms with Crippen LogP contribution in [0.3, 0.4) is 0 Å². The van der Waals surface area contributed by atoms with Crippen LogP contribution in [0.1, 0.15) is 44.2 Å². The molecule has 0 spiro atoms. The summed E-state index contributed by atoms with van der Waals surface area (Å²) in [5.74, 6) is 0.823. The minimum atomic E-state index is 0.181. The van der Waals surface area contributed by atoms with Gasteiger partial charge >= 0.3 is 0 Å². The summed E-state index contributed by atoms with van der Waals surface area (Å²) in [4.78, 5) is 11.2. The molecule has 0 aliphatic carbocycles. The first-order valence-electron chi connectivity index (χ1n) is 6.40. The Morgan fingerprint density at radius 3 is 2.88 bits per heavy atom. The van der Waals surface area contributed by atoms with Gasteiger partial charge in [-0.2, -0.15) is 0 Å². The molecule has 0 bridgehead atoms. The number of hydrogen-bond acceptors (Lipinski definition) is 4. The van der Waals surface area contributed by atoms with Crippen molar-refractivity contribution in [3.63, 3.8) is 0 Å². The predicted molar refractivity (Wildman–Crippen MR) is 68.6 cm³/mol. The van der Waals surface area contributed by atoms with Gasteiger partial charge in [0.25, 0.3) is 0 Å². The molecule has 2 atom stereocenters. The molecule has 1 aliphatic heterocycles. The summed E-state index contributed by atoms with van der Waals surface area (Å²) in [5.41, 5.74) is 7.36. The molecule has 1 aliphatic rings. The lowest BCUT2D eigenvalue weighted by Crippen LogP contribution is -2.49. The Hall–Kier alpha value is -1.00. The van der Waals surface area contributed by atoms with Crippen LogP contribution in [-0.2, 0) is 0 Å². The van der Waals surface area contributed by atoms with E-state index in [1.165, 1.54) is 6.42 Å². The van der Waals surface area contributed by atoms with Crippen LogP contribution in [0.5, 0.6) is 0 Å². The third-order valence-corrected chi connectivity index (χ3v) is 3.48. The highest BCUT2D eigenvalue weighted by molar-refractivity contribution is 5.12. The van der Waals surface area contributed by atoms with E-state index in [0.717, 1.165) is 24.5 Å². The summed E-state index contributed by atoms with van der Waals surface area (Å²) in [7, 11) is 0. The first-order valence-corrected chi connectivity index (χ1v) is 6.40. The third kappa shape index (κ3) is 2.64. The number of aromatic nitrogens is 2. The van der Waals surface area contributed by atoms with E-state index in [1.54, 1.807) is 0 Å². The maximum absolute atomic E-state index is 6.29. The largest absolute Gasteiger partial charge is 0.326 e. The quantitative estimate of drug-likeness (QED) is 0.845. The van der Waals surface area contributed by atoms with Gasteiger partial charge in [-0.15, -0.1) is 0 Å². The summed E-state index contributed by atoms with van der Waals surface area (Å²) in [6.45, 7) is 7.48. The molecule has 1 aromatic heterocycles. The molecule has 1 aromatic rings. The SMILES string of the molecule is Cc1nccc(C2C(N)CCCN2C(C)C)n1. The van der Waals surface area contributed by atoms with E-state index in [2.05, 4.69) is 28.7 Å². The van der Waals surface area contributed by atoms with Gasteiger partial charge in [0.2, 0.25) is 0 Å². The Kier molecular flexibility index (Phi) is 3.74. The lowest BCUT2D eigenvalue weighted by molar-refractivity contribution is 0.0917. The molecule has 0 aromatic carbocycles. The normalized spacial score (nSPS) is 26.4. The molecule has 94 valence electrons. The van der Waals surface area contributed by atoms with E-state index in [4.69, 9.17) is 5.73 Å². The standard InChI is InChI=1S/C13H22N4/c1-9(2)17-8-4-5-11(14)13(17)12-6-7-15-10(3)16-12/h6-7,9,11,13H,4-5,8,14H2,1-3H3. The topological polar surface area (TPSA) is 55.0 Å². The van der Waals surface area contributed by atoms with E-state index >= 15 is 0 Å². The second-order valence-electron chi connectivity index (χ2n) is 5.11. The number of nitrogens with two attached hydrogens (primary N) is 1. The van der Waals surface area contributed by atoms with Crippen molar-refractivity contribution >= 4 is 0 Å². The second kappa shape index (κ2) is 5.10. The molecule has 0 amide bonds. The summed E-state index contributed by atoms with van der Waals surface area (Å²) < 4.78 is 0. The highest BCUT2D eigenvalue weighted by atomic mass is 15.2. The highest BCUT2D eigenvalue weighted by Gasteiger charge is 2.32. The molecule has 1 saturated heterocycles. The van der Waals surface area contributed by atoms with E-state index in [0.29, 0.717) is 6.04 Å². The van der Waals surface area contributed by atoms with Crippen LogP contribution in [0.4, 0.5) is 0 Å². The molecule has 0 radical (unpaired) electrons. The molecular formula is C13H22N4. The summed E-state index contributed by atoms with van der Waals surface area (Å²) >= 11 is 0. The first-order chi connectivity index (χ1) is 8.09. The number of aryl methyl sites for hydroxylation is 1. The maximum atomic E-state index is 6.29. The second-order valence-corrected chi connectivity index (χ2v) is 5.11. The molecule has 2 heterocycles. The van der Waals surface area contributed by atoms with Crippen molar-refractivity contribution in [1.82, 2.24) is 14.9 Å². The Morgan fingerprint density at radius 1 is 1.47 bits per heavy atom. The van der Waals surface area contributed by atoms with Crippen molar-refractivity contribution in [1.29, 1.82) is 0 Å². The minimum Gasteiger partial charge on any atom is -0.326 e. The molecule has 4 nitrogen and oxygen atoms in total. The van der Waals surface area contributed by atoms with Crippen LogP contribution in [0, 0.1) is 6.92 Å². The summed E-state index contributed by atoms with van der Waals surface area (Å²) in [6, 6.07) is 2.92. The zero-order valence-electron chi connectivity index (χ0n) is 10.9. The maximum Gasteiger partial charge on any atom is 0.125 e. The van der Waals surface area contributed by atoms with Crippen molar-refractivity contribution in [2.75, 3.05) is 6.54 Å². The van der Waals surface area contributed by atoms with Crippen molar-refractivity contribution in [2.45, 2.75) is 51.7 Å². The van der Waals surface area contributed by atoms with Gasteiger partial charge in [-0.25, -0.2) is 9.97 Å². The number of hydrogen-bond donors (Lipinski definition) is 1. The molecule has 2 N–H and O–H groups in total. The van der Waals surface area contributed by atoms with Gasteiger partial charge in [-0.05, 0) is 46.2 Å². The van der Waals surface area contributed by atoms with E-state index in [1.807, 2.05) is 19.2 Å². The fourth-order valence-electron chi connectivity index (χ4n) is 2.66. The van der Waals surface area contributed by atoms with Crippen molar-refractivity contribution < 1.29 is 0 Å². The molecule has 1 fully saturated rings. The highest BCUT2D eigenvalue weighted by Crippen LogP contribution is 2.30. The smallest absolute Gasteiger partial charge is 0.125 e. The molecular weight excluding hydrogens is 212 g/mol. The van der Waals surface area contributed by atoms with Crippen LogP contribution in [-0.4, -0.2) is 33.5 Å². The van der Waals surface area contributed by atoms with Crippen molar-refractivity contribution in [2.24, 2.45) is 5.73 Å². The van der Waals surface area contributed by atoms with Gasteiger partial charge in [0.05, 0.1) is 11.7 Å². The zero-order chi connectivity index (χ0) is 12.4. The van der Waals surface area contributed by atoms with Gasteiger partial charge in [-0.1, -0.05) is 0 Å². The monoisotopic (exact) mass is 234 g/mol. The van der Waals surface area contributed by atoms with Gasteiger partial charge in [-0.3, -0.25) is 4.90 Å². The Labute approximate surface area is 103 Å². The van der Waals surface area contributed by atoms with Crippen LogP contribution in [0.2, 0.25) is 0 Å². The molecule has 2 unspecified atom stereocenters. The average molecular weight is 234 g/mol. The molecule has 2 rings (SSSR count). The van der Waals surface area contributed by atoms with Crippen LogP contribution < -0.4 is 5.73 Å². The average Bonchev–Trinajstić information content (AvgIpc) is 2.28. The zero-order valence-corrected chi connectivity index (χ0v) is 10.9. The summed E-state index contributed by atoms with van der Waals surface area (Å²) in [5, 5.41) is 0. The van der Waals surface area contributed by atoms with E-state index in [-0.39, 0.29) is 12.1 Å². The first kappa shape index (κ1) is 12.5. The van der Waals surface area contributed by atoms with E-state index in [9.17, 15) is 0 Å². The Morgan fingerprint density at radius 2 is 2.24 bits per heavy atom. The van der Waals surface area contributed by atoms with Crippen LogP contribution in [0.15, 0.2) is 12.3 Å². The Bertz CT molecular complexity index is 377. The minimum absolute atomic E-state index is 0.181. The van der Waals surface area contributed by atoms with Gasteiger partial charge in [0, 0.05) is 18.3 Å². The number of nitrogens with zero attached hydrogens (tertiary/aromatic N) is 3. The van der Waals surface area contributed by atoms with Crippen LogP contribution >= 0.6 is 0 Å². The van der Waals surface area contributed by atoms with E-state index < -0.39 is 0 Å². The lowest BCUT2D eigenvalue weighted by atomic mass is 9.93. The molecule has 17 heavy (non-hydrogen) atoms. The third-order valence-electron chi connectivity index (χ3n) is 3.48. The number of likely N-dealkylation sites (tertiary alicyclic amines) is 1.